The predicted molar refractivity (Wildman–Crippen MR) is 53.6 cm³/mol. The fourth-order valence-electron chi connectivity index (χ4n) is 4.37. The van der Waals surface area contributed by atoms with Crippen LogP contribution in [0.15, 0.2) is 12.2 Å². The number of hydrogen-bond acceptors (Lipinski definition) is 2. The topological polar surface area (TPSA) is 40.5 Å². The fraction of sp³-hybridized carbons (Fsp3) is 0.833. The molecule has 2 N–H and O–H groups in total. The molecule has 2 nitrogen and oxygen atoms in total. The lowest BCUT2D eigenvalue weighted by Crippen LogP contribution is -2.46. The van der Waals surface area contributed by atoms with E-state index in [1.165, 1.54) is 0 Å². The molecule has 2 unspecified atom stereocenters. The van der Waals surface area contributed by atoms with E-state index in [9.17, 15) is 10.2 Å². The monoisotopic (exact) mass is 194 g/mol. The van der Waals surface area contributed by atoms with E-state index >= 15 is 0 Å². The van der Waals surface area contributed by atoms with Crippen LogP contribution >= 0.6 is 0 Å². The zero-order valence-corrected chi connectivity index (χ0v) is 8.77. The van der Waals surface area contributed by atoms with E-state index in [1.807, 2.05) is 13.8 Å². The summed E-state index contributed by atoms with van der Waals surface area (Å²) >= 11 is 0. The first-order chi connectivity index (χ1) is 6.48. The summed E-state index contributed by atoms with van der Waals surface area (Å²) in [6.45, 7) is 3.63. The van der Waals surface area contributed by atoms with Gasteiger partial charge in [-0.3, -0.25) is 0 Å². The number of rotatable bonds is 0. The Morgan fingerprint density at radius 3 is 1.64 bits per heavy atom. The maximum atomic E-state index is 10.4. The summed E-state index contributed by atoms with van der Waals surface area (Å²) in [5, 5.41) is 20.8. The molecule has 0 aliphatic heterocycles. The average Bonchev–Trinajstić information content (AvgIpc) is 2.36. The van der Waals surface area contributed by atoms with Crippen molar-refractivity contribution in [2.45, 2.75) is 37.9 Å². The lowest BCUT2D eigenvalue weighted by atomic mass is 9.60. The lowest BCUT2D eigenvalue weighted by molar-refractivity contribution is -0.111. The second kappa shape index (κ2) is 2.25. The molecule has 0 aromatic heterocycles. The molecule has 0 saturated heterocycles. The molecule has 4 bridgehead atoms. The van der Waals surface area contributed by atoms with Crippen LogP contribution in [0.3, 0.4) is 0 Å². The van der Waals surface area contributed by atoms with Gasteiger partial charge in [0.2, 0.25) is 0 Å². The lowest BCUT2D eigenvalue weighted by Gasteiger charge is -2.44. The summed E-state index contributed by atoms with van der Waals surface area (Å²) in [4.78, 5) is 0. The SMILES string of the molecule is C[C@]1(O)C2C3CC=CCC2C3[C@@]1(C)O. The second-order valence-electron chi connectivity index (χ2n) is 5.62. The van der Waals surface area contributed by atoms with Crippen molar-refractivity contribution in [3.05, 3.63) is 12.2 Å². The fourth-order valence-corrected chi connectivity index (χ4v) is 4.37. The van der Waals surface area contributed by atoms with E-state index < -0.39 is 11.2 Å². The summed E-state index contributed by atoms with van der Waals surface area (Å²) in [6, 6.07) is 0. The van der Waals surface area contributed by atoms with Crippen LogP contribution in [0.2, 0.25) is 0 Å². The maximum Gasteiger partial charge on any atom is 0.0939 e. The molecule has 0 heterocycles. The van der Waals surface area contributed by atoms with Crippen LogP contribution in [0, 0.1) is 23.7 Å². The highest BCUT2D eigenvalue weighted by molar-refractivity contribution is 5.27. The largest absolute Gasteiger partial charge is 0.387 e. The molecule has 78 valence electrons. The third-order valence-electron chi connectivity index (χ3n) is 5.15. The van der Waals surface area contributed by atoms with Gasteiger partial charge in [0.1, 0.15) is 0 Å². The summed E-state index contributed by atoms with van der Waals surface area (Å²) in [6.07, 6.45) is 6.51. The number of hydrogen-bond donors (Lipinski definition) is 2. The van der Waals surface area contributed by atoms with E-state index in [0.717, 1.165) is 12.8 Å². The standard InChI is InChI=1S/C12H18O2/c1-11(13)9-7-5-3-4-6-8(9)10(7)12(11,2)14/h3-4,7-10,13-14H,5-6H2,1-2H3/t7?,8?,9?,10?,11-,12+. The highest BCUT2D eigenvalue weighted by atomic mass is 16.4. The van der Waals surface area contributed by atoms with Gasteiger partial charge in [-0.15, -0.1) is 0 Å². The molecule has 0 radical (unpaired) electrons. The summed E-state index contributed by atoms with van der Waals surface area (Å²) in [5.74, 6) is 1.67. The van der Waals surface area contributed by atoms with Crippen molar-refractivity contribution in [1.82, 2.24) is 0 Å². The molecule has 2 heteroatoms. The van der Waals surface area contributed by atoms with Crippen molar-refractivity contribution in [3.8, 4) is 0 Å². The molecule has 14 heavy (non-hydrogen) atoms. The van der Waals surface area contributed by atoms with Crippen molar-refractivity contribution in [3.63, 3.8) is 0 Å². The van der Waals surface area contributed by atoms with E-state index in [0.29, 0.717) is 23.7 Å². The minimum Gasteiger partial charge on any atom is -0.387 e. The summed E-state index contributed by atoms with van der Waals surface area (Å²) in [7, 11) is 0. The molecule has 4 aliphatic rings. The zero-order valence-electron chi connectivity index (χ0n) is 8.77. The minimum atomic E-state index is -0.876. The van der Waals surface area contributed by atoms with Crippen molar-refractivity contribution in [2.24, 2.45) is 23.7 Å². The molecule has 0 spiro atoms. The molecule has 3 fully saturated rings. The maximum absolute atomic E-state index is 10.4. The van der Waals surface area contributed by atoms with Gasteiger partial charge in [0.25, 0.3) is 0 Å². The third-order valence-corrected chi connectivity index (χ3v) is 5.15. The first kappa shape index (κ1) is 8.93. The molecular formula is C12H18O2. The molecular weight excluding hydrogens is 176 g/mol. The van der Waals surface area contributed by atoms with Gasteiger partial charge in [-0.25, -0.2) is 0 Å². The van der Waals surface area contributed by atoms with E-state index in [4.69, 9.17) is 0 Å². The van der Waals surface area contributed by atoms with Gasteiger partial charge < -0.3 is 10.2 Å². The minimum absolute atomic E-state index is 0.317. The molecule has 4 atom stereocenters. The Balaban J connectivity index is 2.05. The smallest absolute Gasteiger partial charge is 0.0939 e. The molecule has 0 amide bonds. The Morgan fingerprint density at radius 2 is 1.29 bits per heavy atom. The van der Waals surface area contributed by atoms with Gasteiger partial charge >= 0.3 is 0 Å². The predicted octanol–water partition coefficient (Wildman–Crippen LogP) is 1.33. The van der Waals surface area contributed by atoms with E-state index in [2.05, 4.69) is 12.2 Å². The summed E-state index contributed by atoms with van der Waals surface area (Å²) in [5.41, 5.74) is -1.75. The van der Waals surface area contributed by atoms with Gasteiger partial charge in [-0.2, -0.15) is 0 Å². The Labute approximate surface area is 84.6 Å². The normalized spacial score (nSPS) is 64.9. The first-order valence-corrected chi connectivity index (χ1v) is 5.57. The van der Waals surface area contributed by atoms with Crippen molar-refractivity contribution >= 4 is 0 Å². The average molecular weight is 194 g/mol. The zero-order chi connectivity index (χ0) is 10.1. The summed E-state index contributed by atoms with van der Waals surface area (Å²) < 4.78 is 0. The molecule has 0 aromatic carbocycles. The second-order valence-corrected chi connectivity index (χ2v) is 5.62. The molecule has 4 rings (SSSR count). The molecule has 3 saturated carbocycles. The van der Waals surface area contributed by atoms with Crippen LogP contribution in [0.5, 0.6) is 0 Å². The van der Waals surface area contributed by atoms with Crippen LogP contribution in [-0.2, 0) is 0 Å². The number of aliphatic hydroxyl groups is 2. The molecule has 0 aromatic rings. The number of allylic oxidation sites excluding steroid dienone is 2. The Morgan fingerprint density at radius 1 is 0.929 bits per heavy atom. The number of fused-ring (bicyclic) bond motifs is 1. The van der Waals surface area contributed by atoms with Gasteiger partial charge in [0.05, 0.1) is 11.2 Å². The van der Waals surface area contributed by atoms with Gasteiger partial charge in [-0.1, -0.05) is 12.2 Å². The van der Waals surface area contributed by atoms with Crippen molar-refractivity contribution < 1.29 is 10.2 Å². The van der Waals surface area contributed by atoms with Crippen LogP contribution in [0.25, 0.3) is 0 Å². The van der Waals surface area contributed by atoms with Crippen molar-refractivity contribution in [2.75, 3.05) is 0 Å². The van der Waals surface area contributed by atoms with Crippen LogP contribution in [0.4, 0.5) is 0 Å². The van der Waals surface area contributed by atoms with Gasteiger partial charge in [-0.05, 0) is 50.4 Å². The molecule has 4 aliphatic carbocycles. The third kappa shape index (κ3) is 0.695. The highest BCUT2D eigenvalue weighted by Crippen LogP contribution is 2.70. The first-order valence-electron chi connectivity index (χ1n) is 5.57. The quantitative estimate of drug-likeness (QED) is 0.571. The van der Waals surface area contributed by atoms with Gasteiger partial charge in [0.15, 0.2) is 0 Å². The van der Waals surface area contributed by atoms with Gasteiger partial charge in [0, 0.05) is 0 Å². The Hall–Kier alpha value is -0.340. The Kier molecular flexibility index (Phi) is 1.43. The van der Waals surface area contributed by atoms with Crippen molar-refractivity contribution in [1.29, 1.82) is 0 Å². The Bertz CT molecular complexity index is 265. The van der Waals surface area contributed by atoms with E-state index in [1.54, 1.807) is 0 Å². The van der Waals surface area contributed by atoms with Crippen LogP contribution in [-0.4, -0.2) is 21.4 Å². The van der Waals surface area contributed by atoms with Crippen LogP contribution in [0.1, 0.15) is 26.7 Å². The van der Waals surface area contributed by atoms with E-state index in [-0.39, 0.29) is 0 Å². The highest BCUT2D eigenvalue weighted by Gasteiger charge is 2.75. The van der Waals surface area contributed by atoms with Crippen LogP contribution < -0.4 is 0 Å².